The fraction of sp³-hybridized carbons (Fsp3) is 0.263. The maximum Gasteiger partial charge on any atom is 0.253 e. The van der Waals surface area contributed by atoms with E-state index in [4.69, 9.17) is 11.6 Å². The molecular weight excluding hydrogens is 355 g/mol. The Morgan fingerprint density at radius 1 is 1.04 bits per heavy atom. The number of rotatable bonds is 3. The molecule has 0 saturated carbocycles. The largest absolute Gasteiger partial charge is 0.336 e. The molecule has 1 saturated heterocycles. The Morgan fingerprint density at radius 3 is 2.50 bits per heavy atom. The second kappa shape index (κ2) is 7.05. The number of fused-ring (bicyclic) bond motifs is 1. The standard InChI is InChI=1S/C19H18ClFN4O/c20-15-3-6-18-22-17(13-25(18)11-15)12-23-7-9-24(10-8-23)19(26)14-1-4-16(21)5-2-14/h1-6,11,13H,7-10,12H2. The van der Waals surface area contributed by atoms with Gasteiger partial charge in [0.2, 0.25) is 0 Å². The molecule has 4 rings (SSSR count). The number of halogens is 2. The third kappa shape index (κ3) is 3.57. The molecule has 0 atom stereocenters. The van der Waals surface area contributed by atoms with Gasteiger partial charge in [-0.25, -0.2) is 9.37 Å². The van der Waals surface area contributed by atoms with Crippen LogP contribution in [0.3, 0.4) is 0 Å². The normalized spacial score (nSPS) is 15.5. The SMILES string of the molecule is O=C(c1ccc(F)cc1)N1CCN(Cc2cn3cc(Cl)ccc3n2)CC1. The molecule has 1 amide bonds. The summed E-state index contributed by atoms with van der Waals surface area (Å²) in [6.45, 7) is 3.59. The smallest absolute Gasteiger partial charge is 0.253 e. The number of pyridine rings is 1. The molecule has 2 aromatic heterocycles. The van der Waals surface area contributed by atoms with Crippen molar-refractivity contribution < 1.29 is 9.18 Å². The molecule has 1 aromatic carbocycles. The monoisotopic (exact) mass is 372 g/mol. The van der Waals surface area contributed by atoms with Crippen molar-refractivity contribution in [1.29, 1.82) is 0 Å². The lowest BCUT2D eigenvalue weighted by Gasteiger charge is -2.34. The Labute approximate surface area is 155 Å². The third-order valence-corrected chi connectivity index (χ3v) is 4.82. The number of aromatic nitrogens is 2. The van der Waals surface area contributed by atoms with Gasteiger partial charge in [0.1, 0.15) is 11.5 Å². The first kappa shape index (κ1) is 17.0. The molecule has 1 aliphatic heterocycles. The number of nitrogens with zero attached hydrogens (tertiary/aromatic N) is 4. The van der Waals surface area contributed by atoms with Crippen LogP contribution in [0.5, 0.6) is 0 Å². The zero-order valence-electron chi connectivity index (χ0n) is 14.1. The summed E-state index contributed by atoms with van der Waals surface area (Å²) in [6.07, 6.45) is 3.82. The van der Waals surface area contributed by atoms with E-state index in [0.717, 1.165) is 31.0 Å². The number of carbonyl (C=O) groups excluding carboxylic acids is 1. The Hall–Kier alpha value is -2.44. The van der Waals surface area contributed by atoms with Crippen LogP contribution in [0.1, 0.15) is 16.1 Å². The summed E-state index contributed by atoms with van der Waals surface area (Å²) in [5.74, 6) is -0.382. The Morgan fingerprint density at radius 2 is 1.77 bits per heavy atom. The highest BCUT2D eigenvalue weighted by molar-refractivity contribution is 6.30. The van der Waals surface area contributed by atoms with Gasteiger partial charge in [-0.1, -0.05) is 11.6 Å². The fourth-order valence-electron chi connectivity index (χ4n) is 3.21. The Bertz CT molecular complexity index is 932. The van der Waals surface area contributed by atoms with Crippen LogP contribution in [0.2, 0.25) is 5.02 Å². The minimum atomic E-state index is -0.333. The summed E-state index contributed by atoms with van der Waals surface area (Å²) in [4.78, 5) is 21.2. The lowest BCUT2D eigenvalue weighted by Crippen LogP contribution is -2.48. The molecule has 134 valence electrons. The minimum absolute atomic E-state index is 0.0491. The lowest BCUT2D eigenvalue weighted by atomic mass is 10.1. The van der Waals surface area contributed by atoms with Crippen molar-refractivity contribution in [3.8, 4) is 0 Å². The van der Waals surface area contributed by atoms with Crippen molar-refractivity contribution in [2.75, 3.05) is 26.2 Å². The van der Waals surface area contributed by atoms with E-state index in [2.05, 4.69) is 9.88 Å². The molecule has 3 aromatic rings. The second-order valence-corrected chi connectivity index (χ2v) is 6.86. The van der Waals surface area contributed by atoms with Crippen molar-refractivity contribution in [1.82, 2.24) is 19.2 Å². The Balaban J connectivity index is 1.37. The highest BCUT2D eigenvalue weighted by Gasteiger charge is 2.22. The fourth-order valence-corrected chi connectivity index (χ4v) is 3.37. The number of amides is 1. The van der Waals surface area contributed by atoms with Crippen LogP contribution in [0.15, 0.2) is 48.8 Å². The van der Waals surface area contributed by atoms with E-state index < -0.39 is 0 Å². The van der Waals surface area contributed by atoms with Gasteiger partial charge in [-0.2, -0.15) is 0 Å². The van der Waals surface area contributed by atoms with Gasteiger partial charge >= 0.3 is 0 Å². The molecule has 0 N–H and O–H groups in total. The number of hydrogen-bond acceptors (Lipinski definition) is 3. The first-order valence-electron chi connectivity index (χ1n) is 8.49. The van der Waals surface area contributed by atoms with Crippen molar-refractivity contribution in [3.05, 3.63) is 70.9 Å². The second-order valence-electron chi connectivity index (χ2n) is 6.42. The zero-order valence-corrected chi connectivity index (χ0v) is 14.9. The summed E-state index contributed by atoms with van der Waals surface area (Å²) in [7, 11) is 0. The van der Waals surface area contributed by atoms with Crippen molar-refractivity contribution in [2.24, 2.45) is 0 Å². The van der Waals surface area contributed by atoms with E-state index >= 15 is 0 Å². The maximum absolute atomic E-state index is 13.0. The van der Waals surface area contributed by atoms with Crippen molar-refractivity contribution >= 4 is 23.2 Å². The van der Waals surface area contributed by atoms with Crippen LogP contribution in [0, 0.1) is 5.82 Å². The summed E-state index contributed by atoms with van der Waals surface area (Å²) < 4.78 is 14.9. The predicted molar refractivity (Wildman–Crippen MR) is 97.8 cm³/mol. The topological polar surface area (TPSA) is 40.9 Å². The van der Waals surface area contributed by atoms with Gasteiger partial charge in [0.25, 0.3) is 5.91 Å². The molecule has 0 radical (unpaired) electrons. The van der Waals surface area contributed by atoms with Crippen LogP contribution in [0.25, 0.3) is 5.65 Å². The molecule has 1 fully saturated rings. The summed E-state index contributed by atoms with van der Waals surface area (Å²) in [5, 5.41) is 0.675. The summed E-state index contributed by atoms with van der Waals surface area (Å²) in [6, 6.07) is 9.43. The molecule has 0 spiro atoms. The van der Waals surface area contributed by atoms with Gasteiger partial charge in [0.15, 0.2) is 0 Å². The van der Waals surface area contributed by atoms with E-state index in [1.54, 1.807) is 0 Å². The maximum atomic E-state index is 13.0. The van der Waals surface area contributed by atoms with E-state index in [0.29, 0.717) is 23.7 Å². The van der Waals surface area contributed by atoms with Crippen molar-refractivity contribution in [2.45, 2.75) is 6.54 Å². The van der Waals surface area contributed by atoms with E-state index in [9.17, 15) is 9.18 Å². The molecule has 1 aliphatic rings. The lowest BCUT2D eigenvalue weighted by molar-refractivity contribution is 0.0627. The van der Waals surface area contributed by atoms with Gasteiger partial charge in [-0.05, 0) is 36.4 Å². The molecule has 3 heterocycles. The molecule has 0 aliphatic carbocycles. The number of hydrogen-bond donors (Lipinski definition) is 0. The van der Waals surface area contributed by atoms with E-state index in [1.165, 1.54) is 24.3 Å². The van der Waals surface area contributed by atoms with Crippen LogP contribution >= 0.6 is 11.6 Å². The number of benzene rings is 1. The molecule has 0 unspecified atom stereocenters. The predicted octanol–water partition coefficient (Wildman–Crippen LogP) is 3.08. The van der Waals surface area contributed by atoms with Crippen LogP contribution in [0.4, 0.5) is 4.39 Å². The van der Waals surface area contributed by atoms with Crippen LogP contribution in [-0.2, 0) is 6.54 Å². The first-order valence-corrected chi connectivity index (χ1v) is 8.86. The number of piperazine rings is 1. The van der Waals surface area contributed by atoms with Gasteiger partial charge in [-0.3, -0.25) is 9.69 Å². The molecule has 7 heteroatoms. The van der Waals surface area contributed by atoms with E-state index in [-0.39, 0.29) is 11.7 Å². The molecule has 26 heavy (non-hydrogen) atoms. The zero-order chi connectivity index (χ0) is 18.1. The van der Waals surface area contributed by atoms with E-state index in [1.807, 2.05) is 33.8 Å². The molecular formula is C19H18ClFN4O. The molecule has 0 bridgehead atoms. The summed E-state index contributed by atoms with van der Waals surface area (Å²) >= 11 is 6.01. The Kier molecular flexibility index (Phi) is 4.61. The van der Waals surface area contributed by atoms with Crippen molar-refractivity contribution in [3.63, 3.8) is 0 Å². The van der Waals surface area contributed by atoms with Crippen LogP contribution in [-0.4, -0.2) is 51.3 Å². The first-order chi connectivity index (χ1) is 12.6. The van der Waals surface area contributed by atoms with Gasteiger partial charge in [0, 0.05) is 50.7 Å². The average molecular weight is 373 g/mol. The summed E-state index contributed by atoms with van der Waals surface area (Å²) in [5.41, 5.74) is 2.37. The minimum Gasteiger partial charge on any atom is -0.336 e. The quantitative estimate of drug-likeness (QED) is 0.709. The number of carbonyl (C=O) groups is 1. The van der Waals surface area contributed by atoms with Crippen LogP contribution < -0.4 is 0 Å². The molecule has 5 nitrogen and oxygen atoms in total. The highest BCUT2D eigenvalue weighted by Crippen LogP contribution is 2.15. The van der Waals surface area contributed by atoms with Gasteiger partial charge < -0.3 is 9.30 Å². The highest BCUT2D eigenvalue weighted by atomic mass is 35.5. The van der Waals surface area contributed by atoms with Gasteiger partial charge in [0.05, 0.1) is 10.7 Å². The van der Waals surface area contributed by atoms with Gasteiger partial charge in [-0.15, -0.1) is 0 Å². The number of imidazole rings is 1. The average Bonchev–Trinajstić information content (AvgIpc) is 3.03. The third-order valence-electron chi connectivity index (χ3n) is 4.60.